The van der Waals surface area contributed by atoms with E-state index >= 15 is 0 Å². The van der Waals surface area contributed by atoms with E-state index in [9.17, 15) is 0 Å². The lowest BCUT2D eigenvalue weighted by molar-refractivity contribution is -0.161. The number of hydrogen-bond acceptors (Lipinski definition) is 1. The van der Waals surface area contributed by atoms with Crippen molar-refractivity contribution in [2.24, 2.45) is 63.6 Å². The molecule has 0 nitrogen and oxygen atoms in total. The van der Waals surface area contributed by atoms with E-state index in [-0.39, 0.29) is 0 Å². The highest BCUT2D eigenvalue weighted by Gasteiger charge is 2.62. The molecule has 0 amide bonds. The Balaban J connectivity index is 0.00000141. The molecular formula is C31H58S. The molecule has 0 aromatic heterocycles. The molecular weight excluding hydrogens is 404 g/mol. The number of rotatable bonds is 5. The minimum absolute atomic E-state index is 0.544. The van der Waals surface area contributed by atoms with Crippen molar-refractivity contribution in [3.63, 3.8) is 0 Å². The molecule has 0 heterocycles. The summed E-state index contributed by atoms with van der Waals surface area (Å²) in [7, 11) is 0. The van der Waals surface area contributed by atoms with E-state index in [1.165, 1.54) is 51.4 Å². The Hall–Kier alpha value is 0.350. The zero-order chi connectivity index (χ0) is 23.9. The van der Waals surface area contributed by atoms with Crippen molar-refractivity contribution in [2.75, 3.05) is 6.26 Å². The lowest BCUT2D eigenvalue weighted by Gasteiger charge is -2.65. The minimum atomic E-state index is 0.544. The molecule has 1 heteroatoms. The average molecular weight is 463 g/mol. The normalized spacial score (nSPS) is 45.8. The summed E-state index contributed by atoms with van der Waals surface area (Å²) in [6.07, 6.45) is 18.3. The highest BCUT2D eigenvalue weighted by atomic mass is 32.1. The van der Waals surface area contributed by atoms with Gasteiger partial charge in [0.15, 0.2) is 0 Å². The van der Waals surface area contributed by atoms with Crippen molar-refractivity contribution in [3.8, 4) is 0 Å². The molecule has 0 aliphatic heterocycles. The minimum Gasteiger partial charge on any atom is -0.183 e. The summed E-state index contributed by atoms with van der Waals surface area (Å²) in [6, 6.07) is 0. The first-order valence-electron chi connectivity index (χ1n) is 14.5. The highest BCUT2D eigenvalue weighted by Crippen LogP contribution is 2.70. The summed E-state index contributed by atoms with van der Waals surface area (Å²) in [5.74, 6) is 7.79. The zero-order valence-electron chi connectivity index (χ0n) is 23.3. The van der Waals surface area contributed by atoms with E-state index in [0.29, 0.717) is 16.2 Å². The van der Waals surface area contributed by atoms with Crippen molar-refractivity contribution >= 4 is 12.6 Å². The van der Waals surface area contributed by atoms with Crippen molar-refractivity contribution in [1.29, 1.82) is 0 Å². The second-order valence-electron chi connectivity index (χ2n) is 14.3. The fourth-order valence-corrected chi connectivity index (χ4v) is 10.3. The predicted molar refractivity (Wildman–Crippen MR) is 146 cm³/mol. The Kier molecular flexibility index (Phi) is 8.54. The number of fused-ring (bicyclic) bond motifs is 5. The first-order chi connectivity index (χ1) is 15.0. The van der Waals surface area contributed by atoms with Crippen molar-refractivity contribution < 1.29 is 0 Å². The van der Waals surface area contributed by atoms with Gasteiger partial charge < -0.3 is 0 Å². The van der Waals surface area contributed by atoms with Crippen LogP contribution >= 0.6 is 12.6 Å². The second kappa shape index (κ2) is 10.1. The van der Waals surface area contributed by atoms with Crippen LogP contribution in [0.15, 0.2) is 0 Å². The SMILES string of the molecule is CC(C)CCCC(C)C1CCC2C3CCC4C(C)(C)C(C)CCC4(C)C3CCC12C.CS. The smallest absolute Gasteiger partial charge is 0.0215 e. The first-order valence-corrected chi connectivity index (χ1v) is 15.4. The fraction of sp³-hybridized carbons (Fsp3) is 1.00. The second-order valence-corrected chi connectivity index (χ2v) is 14.3. The maximum Gasteiger partial charge on any atom is -0.0215 e. The van der Waals surface area contributed by atoms with Crippen molar-refractivity contribution in [3.05, 3.63) is 0 Å². The van der Waals surface area contributed by atoms with Crippen LogP contribution in [-0.2, 0) is 0 Å². The maximum absolute atomic E-state index is 3.53. The highest BCUT2D eigenvalue weighted by molar-refractivity contribution is 7.79. The van der Waals surface area contributed by atoms with Crippen LogP contribution in [0.2, 0.25) is 0 Å². The van der Waals surface area contributed by atoms with Gasteiger partial charge in [0.1, 0.15) is 0 Å². The van der Waals surface area contributed by atoms with Gasteiger partial charge in [0.2, 0.25) is 0 Å². The van der Waals surface area contributed by atoms with Crippen LogP contribution in [0.1, 0.15) is 126 Å². The predicted octanol–water partition coefficient (Wildman–Crippen LogP) is 9.93. The molecule has 9 unspecified atom stereocenters. The lowest BCUT2D eigenvalue weighted by Crippen LogP contribution is -2.57. The van der Waals surface area contributed by atoms with Gasteiger partial charge in [-0.15, -0.1) is 0 Å². The third-order valence-corrected chi connectivity index (χ3v) is 12.4. The molecule has 0 saturated heterocycles. The fourth-order valence-electron chi connectivity index (χ4n) is 10.3. The van der Waals surface area contributed by atoms with Crippen LogP contribution in [0.5, 0.6) is 0 Å². The van der Waals surface area contributed by atoms with Gasteiger partial charge in [-0.1, -0.05) is 74.7 Å². The van der Waals surface area contributed by atoms with Gasteiger partial charge in [-0.25, -0.2) is 0 Å². The Morgan fingerprint density at radius 2 is 1.38 bits per heavy atom. The van der Waals surface area contributed by atoms with Gasteiger partial charge in [0.25, 0.3) is 0 Å². The zero-order valence-corrected chi connectivity index (χ0v) is 24.2. The van der Waals surface area contributed by atoms with Gasteiger partial charge in [-0.2, -0.15) is 12.6 Å². The average Bonchev–Trinajstić information content (AvgIpc) is 3.09. The Bertz CT molecular complexity index is 608. The van der Waals surface area contributed by atoms with E-state index < -0.39 is 0 Å². The van der Waals surface area contributed by atoms with Gasteiger partial charge in [-0.05, 0) is 121 Å². The van der Waals surface area contributed by atoms with Gasteiger partial charge in [0, 0.05) is 0 Å². The molecule has 0 aromatic rings. The summed E-state index contributed by atoms with van der Waals surface area (Å²) < 4.78 is 0. The molecule has 0 radical (unpaired) electrons. The summed E-state index contributed by atoms with van der Waals surface area (Å²) in [5.41, 5.74) is 1.82. The molecule has 4 aliphatic carbocycles. The molecule has 188 valence electrons. The van der Waals surface area contributed by atoms with Gasteiger partial charge >= 0.3 is 0 Å². The Morgan fingerprint density at radius 1 is 0.750 bits per heavy atom. The molecule has 4 aliphatic rings. The summed E-state index contributed by atoms with van der Waals surface area (Å²) in [4.78, 5) is 0. The molecule has 4 rings (SSSR count). The Labute approximate surface area is 208 Å². The largest absolute Gasteiger partial charge is 0.183 e. The van der Waals surface area contributed by atoms with E-state index in [1.807, 2.05) is 0 Å². The maximum atomic E-state index is 3.53. The quantitative estimate of drug-likeness (QED) is 0.386. The third-order valence-electron chi connectivity index (χ3n) is 12.4. The molecule has 0 spiro atoms. The standard InChI is InChI=1S/C30H54.CH4S/c1-20(2)10-9-11-21(3)24-13-14-25-23-12-15-27-28(5,6)22(4)16-18-30(27,8)26(23)17-19-29(24,25)7;1-2/h20-27H,9-19H2,1-8H3;2H,1H3. The summed E-state index contributed by atoms with van der Waals surface area (Å²) in [6.45, 7) is 20.7. The number of thiol groups is 1. The molecule has 0 bridgehead atoms. The van der Waals surface area contributed by atoms with E-state index in [1.54, 1.807) is 25.5 Å². The van der Waals surface area contributed by atoms with E-state index in [0.717, 1.165) is 47.3 Å². The van der Waals surface area contributed by atoms with Gasteiger partial charge in [0.05, 0.1) is 0 Å². The molecule has 0 aromatic carbocycles. The van der Waals surface area contributed by atoms with E-state index in [4.69, 9.17) is 0 Å². The van der Waals surface area contributed by atoms with Crippen LogP contribution < -0.4 is 0 Å². The molecule has 9 atom stereocenters. The van der Waals surface area contributed by atoms with Gasteiger partial charge in [-0.3, -0.25) is 0 Å². The first kappa shape index (κ1) is 26.9. The van der Waals surface area contributed by atoms with Crippen LogP contribution in [0.25, 0.3) is 0 Å². The van der Waals surface area contributed by atoms with Crippen LogP contribution in [0.3, 0.4) is 0 Å². The summed E-state index contributed by atoms with van der Waals surface area (Å²) in [5, 5.41) is 0. The van der Waals surface area contributed by atoms with Crippen LogP contribution in [0, 0.1) is 63.6 Å². The molecule has 32 heavy (non-hydrogen) atoms. The topological polar surface area (TPSA) is 0 Å². The summed E-state index contributed by atoms with van der Waals surface area (Å²) >= 11 is 3.53. The monoisotopic (exact) mass is 462 g/mol. The lowest BCUT2D eigenvalue weighted by atomic mass is 9.40. The number of hydrogen-bond donors (Lipinski definition) is 1. The molecule has 0 N–H and O–H groups in total. The molecule has 4 fully saturated rings. The van der Waals surface area contributed by atoms with E-state index in [2.05, 4.69) is 68.0 Å². The molecule has 4 saturated carbocycles. The van der Waals surface area contributed by atoms with Crippen molar-refractivity contribution in [1.82, 2.24) is 0 Å². The third kappa shape index (κ3) is 4.48. The van der Waals surface area contributed by atoms with Crippen LogP contribution in [-0.4, -0.2) is 6.26 Å². The Morgan fingerprint density at radius 3 is 2.03 bits per heavy atom. The van der Waals surface area contributed by atoms with Crippen molar-refractivity contribution in [2.45, 2.75) is 126 Å². The van der Waals surface area contributed by atoms with Crippen LogP contribution in [0.4, 0.5) is 0 Å².